The molecule has 3 aromatic carbocycles. The maximum absolute atomic E-state index is 12.5. The highest BCUT2D eigenvalue weighted by Crippen LogP contribution is 2.32. The highest BCUT2D eigenvalue weighted by Gasteiger charge is 2.20. The summed E-state index contributed by atoms with van der Waals surface area (Å²) < 4.78 is 30.4. The van der Waals surface area contributed by atoms with Gasteiger partial charge in [-0.15, -0.1) is 0 Å². The van der Waals surface area contributed by atoms with Crippen LogP contribution in [-0.2, 0) is 10.1 Å². The third-order valence-electron chi connectivity index (χ3n) is 3.92. The van der Waals surface area contributed by atoms with Crippen LogP contribution >= 0.6 is 0 Å². The van der Waals surface area contributed by atoms with Gasteiger partial charge >= 0.3 is 10.1 Å². The minimum Gasteiger partial charge on any atom is -0.379 e. The van der Waals surface area contributed by atoms with Crippen LogP contribution in [0.25, 0.3) is 0 Å². The minimum absolute atomic E-state index is 0.0216. The Labute approximate surface area is 142 Å². The first kappa shape index (κ1) is 16.3. The fourth-order valence-electron chi connectivity index (χ4n) is 2.59. The molecule has 0 saturated heterocycles. The first-order valence-electron chi connectivity index (χ1n) is 7.71. The second-order valence-corrected chi connectivity index (χ2v) is 7.07. The zero-order valence-corrected chi connectivity index (χ0v) is 14.1. The Kier molecular flexibility index (Phi) is 4.67. The van der Waals surface area contributed by atoms with Gasteiger partial charge in [0.25, 0.3) is 0 Å². The fraction of sp³-hybridized carbons (Fsp3) is 0.100. The molecule has 0 aliphatic rings. The van der Waals surface area contributed by atoms with E-state index < -0.39 is 10.1 Å². The van der Waals surface area contributed by atoms with E-state index in [2.05, 4.69) is 0 Å². The molecule has 4 heteroatoms. The first-order chi connectivity index (χ1) is 11.6. The van der Waals surface area contributed by atoms with Crippen molar-refractivity contribution in [2.24, 2.45) is 0 Å². The molecule has 0 aliphatic heterocycles. The van der Waals surface area contributed by atoms with Crippen molar-refractivity contribution in [2.75, 3.05) is 0 Å². The van der Waals surface area contributed by atoms with Gasteiger partial charge in [0.15, 0.2) is 0 Å². The SMILES string of the molecule is CC(c1ccccc1)c1ccccc1OS(=O)(=O)c1ccccc1. The summed E-state index contributed by atoms with van der Waals surface area (Å²) in [6, 6.07) is 25.4. The maximum Gasteiger partial charge on any atom is 0.339 e. The average Bonchev–Trinajstić information content (AvgIpc) is 2.63. The lowest BCUT2D eigenvalue weighted by Crippen LogP contribution is -2.11. The quantitative estimate of drug-likeness (QED) is 0.638. The van der Waals surface area contributed by atoms with Crippen LogP contribution in [0, 0.1) is 0 Å². The molecule has 0 fully saturated rings. The summed E-state index contributed by atoms with van der Waals surface area (Å²) >= 11 is 0. The Balaban J connectivity index is 1.96. The van der Waals surface area contributed by atoms with E-state index in [1.807, 2.05) is 49.4 Å². The van der Waals surface area contributed by atoms with Crippen molar-refractivity contribution >= 4 is 10.1 Å². The van der Waals surface area contributed by atoms with Gasteiger partial charge in [0, 0.05) is 11.5 Å². The summed E-state index contributed by atoms with van der Waals surface area (Å²) in [4.78, 5) is 0.146. The van der Waals surface area contributed by atoms with E-state index in [-0.39, 0.29) is 10.8 Å². The molecule has 0 saturated carbocycles. The van der Waals surface area contributed by atoms with E-state index in [1.165, 1.54) is 12.1 Å². The van der Waals surface area contributed by atoms with Crippen molar-refractivity contribution in [1.29, 1.82) is 0 Å². The van der Waals surface area contributed by atoms with E-state index in [4.69, 9.17) is 4.18 Å². The fourth-order valence-corrected chi connectivity index (χ4v) is 3.56. The predicted octanol–water partition coefficient (Wildman–Crippen LogP) is 4.61. The van der Waals surface area contributed by atoms with Crippen LogP contribution in [-0.4, -0.2) is 8.42 Å². The summed E-state index contributed by atoms with van der Waals surface area (Å²) in [6.07, 6.45) is 0. The van der Waals surface area contributed by atoms with E-state index in [9.17, 15) is 8.42 Å². The van der Waals surface area contributed by atoms with Gasteiger partial charge < -0.3 is 4.18 Å². The number of para-hydroxylation sites is 1. The highest BCUT2D eigenvalue weighted by molar-refractivity contribution is 7.87. The third kappa shape index (κ3) is 3.49. The maximum atomic E-state index is 12.5. The van der Waals surface area contributed by atoms with Crippen molar-refractivity contribution in [2.45, 2.75) is 17.7 Å². The Morgan fingerprint density at radius 1 is 0.750 bits per heavy atom. The largest absolute Gasteiger partial charge is 0.379 e. The summed E-state index contributed by atoms with van der Waals surface area (Å²) in [7, 11) is -3.85. The number of hydrogen-bond donors (Lipinski definition) is 0. The lowest BCUT2D eigenvalue weighted by molar-refractivity contribution is 0.482. The van der Waals surface area contributed by atoms with Gasteiger partial charge in [-0.1, -0.05) is 73.7 Å². The van der Waals surface area contributed by atoms with Gasteiger partial charge in [0.2, 0.25) is 0 Å². The highest BCUT2D eigenvalue weighted by atomic mass is 32.2. The first-order valence-corrected chi connectivity index (χ1v) is 9.12. The Hall–Kier alpha value is -2.59. The van der Waals surface area contributed by atoms with Crippen LogP contribution in [0.3, 0.4) is 0 Å². The Morgan fingerprint density at radius 2 is 1.29 bits per heavy atom. The average molecular weight is 338 g/mol. The molecular formula is C20H18O3S. The zero-order valence-electron chi connectivity index (χ0n) is 13.3. The molecule has 0 amide bonds. The monoisotopic (exact) mass is 338 g/mol. The number of rotatable bonds is 5. The van der Waals surface area contributed by atoms with Crippen LogP contribution in [0.5, 0.6) is 5.75 Å². The molecule has 24 heavy (non-hydrogen) atoms. The van der Waals surface area contributed by atoms with Crippen molar-refractivity contribution < 1.29 is 12.6 Å². The molecule has 3 rings (SSSR count). The molecule has 1 unspecified atom stereocenters. The number of hydrogen-bond acceptors (Lipinski definition) is 3. The van der Waals surface area contributed by atoms with Gasteiger partial charge in [-0.3, -0.25) is 0 Å². The van der Waals surface area contributed by atoms with Crippen molar-refractivity contribution in [3.05, 3.63) is 96.1 Å². The molecule has 0 aromatic heterocycles. The van der Waals surface area contributed by atoms with Crippen molar-refractivity contribution in [3.8, 4) is 5.75 Å². The van der Waals surface area contributed by atoms with Crippen LogP contribution < -0.4 is 4.18 Å². The van der Waals surface area contributed by atoms with E-state index >= 15 is 0 Å². The normalized spacial score (nSPS) is 12.5. The van der Waals surface area contributed by atoms with Crippen LogP contribution in [0.15, 0.2) is 89.8 Å². The molecule has 1 atom stereocenters. The standard InChI is InChI=1S/C20H18O3S/c1-16(17-10-4-2-5-11-17)19-14-8-9-15-20(19)23-24(21,22)18-12-6-3-7-13-18/h2-16H,1H3. The van der Waals surface area contributed by atoms with Crippen LogP contribution in [0.4, 0.5) is 0 Å². The molecule has 3 aromatic rings. The van der Waals surface area contributed by atoms with E-state index in [1.54, 1.807) is 30.3 Å². The molecular weight excluding hydrogens is 320 g/mol. The molecule has 0 radical (unpaired) electrons. The summed E-state index contributed by atoms with van der Waals surface area (Å²) in [6.45, 7) is 2.03. The summed E-state index contributed by atoms with van der Waals surface area (Å²) in [5, 5.41) is 0. The second kappa shape index (κ2) is 6.89. The van der Waals surface area contributed by atoms with Crippen LogP contribution in [0.1, 0.15) is 24.0 Å². The number of benzene rings is 3. The van der Waals surface area contributed by atoms with Crippen LogP contribution in [0.2, 0.25) is 0 Å². The molecule has 0 aliphatic carbocycles. The van der Waals surface area contributed by atoms with Gasteiger partial charge in [-0.05, 0) is 23.8 Å². The Bertz CT molecular complexity index is 904. The molecule has 3 nitrogen and oxygen atoms in total. The minimum atomic E-state index is -3.85. The van der Waals surface area contributed by atoms with E-state index in [0.717, 1.165) is 11.1 Å². The topological polar surface area (TPSA) is 43.4 Å². The summed E-state index contributed by atoms with van der Waals surface area (Å²) in [5.74, 6) is 0.381. The Morgan fingerprint density at radius 3 is 1.96 bits per heavy atom. The smallest absolute Gasteiger partial charge is 0.339 e. The molecule has 0 bridgehead atoms. The van der Waals surface area contributed by atoms with Gasteiger partial charge in [0.1, 0.15) is 10.6 Å². The predicted molar refractivity (Wildman–Crippen MR) is 94.7 cm³/mol. The molecule has 0 N–H and O–H groups in total. The molecule has 0 heterocycles. The lowest BCUT2D eigenvalue weighted by Gasteiger charge is -2.17. The van der Waals surface area contributed by atoms with Gasteiger partial charge in [-0.25, -0.2) is 0 Å². The lowest BCUT2D eigenvalue weighted by atomic mass is 9.93. The second-order valence-electron chi connectivity index (χ2n) is 5.52. The van der Waals surface area contributed by atoms with Gasteiger partial charge in [-0.2, -0.15) is 8.42 Å². The summed E-state index contributed by atoms with van der Waals surface area (Å²) in [5.41, 5.74) is 1.94. The van der Waals surface area contributed by atoms with Crippen molar-refractivity contribution in [3.63, 3.8) is 0 Å². The molecule has 122 valence electrons. The molecule has 0 spiro atoms. The van der Waals surface area contributed by atoms with Crippen molar-refractivity contribution in [1.82, 2.24) is 0 Å². The van der Waals surface area contributed by atoms with E-state index in [0.29, 0.717) is 5.75 Å². The van der Waals surface area contributed by atoms with Gasteiger partial charge in [0.05, 0.1) is 0 Å². The zero-order chi connectivity index (χ0) is 17.0. The third-order valence-corrected chi connectivity index (χ3v) is 5.16.